The summed E-state index contributed by atoms with van der Waals surface area (Å²) >= 11 is 0. The van der Waals surface area contributed by atoms with Gasteiger partial charge in [0.15, 0.2) is 11.9 Å². The van der Waals surface area contributed by atoms with Crippen LogP contribution in [-0.2, 0) is 11.2 Å². The van der Waals surface area contributed by atoms with E-state index < -0.39 is 6.10 Å². The lowest BCUT2D eigenvalue weighted by atomic mass is 9.95. The molecule has 0 saturated carbocycles. The molecular formula is C15H12O5. The molecule has 0 amide bonds. The van der Waals surface area contributed by atoms with E-state index in [1.165, 1.54) is 24.3 Å². The molecule has 0 fully saturated rings. The lowest BCUT2D eigenvalue weighted by Crippen LogP contribution is -2.25. The summed E-state index contributed by atoms with van der Waals surface area (Å²) in [6, 6.07) is 8.70. The monoisotopic (exact) mass is 272 g/mol. The summed E-state index contributed by atoms with van der Waals surface area (Å²) in [4.78, 5) is 12.1. The molecule has 3 rings (SSSR count). The smallest absolute Gasteiger partial charge is 0.182 e. The SMILES string of the molecule is O=C1Cc2c(O)cc(O)cc2OC1c1ccc(O)cc1. The number of carbonyl (C=O) groups excluding carboxylic acids is 1. The van der Waals surface area contributed by atoms with Crippen LogP contribution in [0.4, 0.5) is 0 Å². The summed E-state index contributed by atoms with van der Waals surface area (Å²) in [6.45, 7) is 0. The van der Waals surface area contributed by atoms with Gasteiger partial charge in [0.1, 0.15) is 23.0 Å². The second kappa shape index (κ2) is 4.45. The molecule has 3 N–H and O–H groups in total. The first-order chi connectivity index (χ1) is 9.54. The molecule has 102 valence electrons. The van der Waals surface area contributed by atoms with Crippen molar-refractivity contribution in [3.63, 3.8) is 0 Å². The van der Waals surface area contributed by atoms with Crippen molar-refractivity contribution < 1.29 is 24.9 Å². The molecule has 1 aliphatic rings. The molecule has 0 radical (unpaired) electrons. The van der Waals surface area contributed by atoms with Crippen LogP contribution in [0, 0.1) is 0 Å². The maximum absolute atomic E-state index is 12.1. The minimum absolute atomic E-state index is 0.0347. The third-order valence-corrected chi connectivity index (χ3v) is 3.25. The van der Waals surface area contributed by atoms with Gasteiger partial charge in [0, 0.05) is 29.7 Å². The quantitative estimate of drug-likeness (QED) is 0.739. The Morgan fingerprint density at radius 3 is 2.40 bits per heavy atom. The van der Waals surface area contributed by atoms with Gasteiger partial charge in [0.2, 0.25) is 0 Å². The van der Waals surface area contributed by atoms with Crippen molar-refractivity contribution in [2.24, 2.45) is 0 Å². The zero-order valence-electron chi connectivity index (χ0n) is 10.4. The van der Waals surface area contributed by atoms with E-state index in [1.54, 1.807) is 12.1 Å². The zero-order valence-corrected chi connectivity index (χ0v) is 10.4. The van der Waals surface area contributed by atoms with Crippen molar-refractivity contribution in [2.75, 3.05) is 0 Å². The van der Waals surface area contributed by atoms with Gasteiger partial charge in [0.05, 0.1) is 0 Å². The number of Topliss-reactive ketones (excluding diaryl/α,β-unsaturated/α-hetero) is 1. The number of ether oxygens (including phenoxy) is 1. The number of hydrogen-bond acceptors (Lipinski definition) is 5. The Morgan fingerprint density at radius 2 is 1.70 bits per heavy atom. The number of rotatable bonds is 1. The van der Waals surface area contributed by atoms with Crippen molar-refractivity contribution in [1.29, 1.82) is 0 Å². The summed E-state index contributed by atoms with van der Waals surface area (Å²) < 4.78 is 5.58. The van der Waals surface area contributed by atoms with Crippen LogP contribution in [0.1, 0.15) is 17.2 Å². The Bertz CT molecular complexity index is 675. The average Bonchev–Trinajstić information content (AvgIpc) is 2.40. The summed E-state index contributed by atoms with van der Waals surface area (Å²) in [5, 5.41) is 28.5. The Labute approximate surface area is 114 Å². The summed E-state index contributed by atoms with van der Waals surface area (Å²) in [5.41, 5.74) is 0.990. The third-order valence-electron chi connectivity index (χ3n) is 3.25. The van der Waals surface area contributed by atoms with Crippen LogP contribution in [-0.4, -0.2) is 21.1 Å². The predicted octanol–water partition coefficient (Wildman–Crippen LogP) is 2.05. The van der Waals surface area contributed by atoms with Crippen LogP contribution in [0.2, 0.25) is 0 Å². The molecule has 5 heteroatoms. The molecule has 1 heterocycles. The first-order valence-corrected chi connectivity index (χ1v) is 6.08. The van der Waals surface area contributed by atoms with Crippen LogP contribution < -0.4 is 4.74 Å². The van der Waals surface area contributed by atoms with Crippen LogP contribution in [0.25, 0.3) is 0 Å². The molecule has 2 aromatic carbocycles. The van der Waals surface area contributed by atoms with Crippen molar-refractivity contribution in [2.45, 2.75) is 12.5 Å². The molecule has 0 saturated heterocycles. The van der Waals surface area contributed by atoms with E-state index in [4.69, 9.17) is 4.74 Å². The van der Waals surface area contributed by atoms with E-state index in [0.717, 1.165) is 0 Å². The number of ketones is 1. The number of hydrogen-bond donors (Lipinski definition) is 3. The first kappa shape index (κ1) is 12.3. The van der Waals surface area contributed by atoms with E-state index in [0.29, 0.717) is 16.9 Å². The Hall–Kier alpha value is -2.69. The highest BCUT2D eigenvalue weighted by Gasteiger charge is 2.31. The molecule has 20 heavy (non-hydrogen) atoms. The van der Waals surface area contributed by atoms with Gasteiger partial charge in [-0.3, -0.25) is 4.79 Å². The van der Waals surface area contributed by atoms with Crippen LogP contribution in [0.3, 0.4) is 0 Å². The number of phenols is 3. The second-order valence-corrected chi connectivity index (χ2v) is 4.67. The summed E-state index contributed by atoms with van der Waals surface area (Å²) in [5.74, 6) is -0.0744. The minimum Gasteiger partial charge on any atom is -0.508 e. The fraction of sp³-hybridized carbons (Fsp3) is 0.133. The number of benzene rings is 2. The molecule has 0 spiro atoms. The molecule has 2 aromatic rings. The van der Waals surface area contributed by atoms with Gasteiger partial charge in [0.25, 0.3) is 0 Å². The maximum atomic E-state index is 12.1. The fourth-order valence-electron chi connectivity index (χ4n) is 2.26. The average molecular weight is 272 g/mol. The normalized spacial score (nSPS) is 17.4. The van der Waals surface area contributed by atoms with Gasteiger partial charge >= 0.3 is 0 Å². The molecule has 1 atom stereocenters. The van der Waals surface area contributed by atoms with E-state index in [9.17, 15) is 20.1 Å². The molecule has 0 aliphatic carbocycles. The minimum atomic E-state index is -0.802. The topological polar surface area (TPSA) is 87.0 Å². The summed E-state index contributed by atoms with van der Waals surface area (Å²) in [7, 11) is 0. The lowest BCUT2D eigenvalue weighted by Gasteiger charge is -2.25. The fourth-order valence-corrected chi connectivity index (χ4v) is 2.26. The lowest BCUT2D eigenvalue weighted by molar-refractivity contribution is -0.126. The van der Waals surface area contributed by atoms with Gasteiger partial charge in [-0.05, 0) is 12.1 Å². The van der Waals surface area contributed by atoms with Gasteiger partial charge in [-0.15, -0.1) is 0 Å². The molecule has 1 aliphatic heterocycles. The maximum Gasteiger partial charge on any atom is 0.182 e. The standard InChI is InChI=1S/C15H12O5/c16-9-3-1-8(2-4-9)15-13(19)7-11-12(18)5-10(17)6-14(11)20-15/h1-6,15-18H,7H2. The van der Waals surface area contributed by atoms with Crippen molar-refractivity contribution in [1.82, 2.24) is 0 Å². The van der Waals surface area contributed by atoms with Crippen LogP contribution >= 0.6 is 0 Å². The Kier molecular flexibility index (Phi) is 2.75. The predicted molar refractivity (Wildman–Crippen MR) is 70.0 cm³/mol. The van der Waals surface area contributed by atoms with Gasteiger partial charge in [-0.1, -0.05) is 12.1 Å². The van der Waals surface area contributed by atoms with Crippen molar-refractivity contribution in [3.8, 4) is 23.0 Å². The molecule has 0 aromatic heterocycles. The van der Waals surface area contributed by atoms with Crippen LogP contribution in [0.15, 0.2) is 36.4 Å². The molecule has 1 unspecified atom stereocenters. The number of phenolic OH excluding ortho intramolecular Hbond substituents is 3. The second-order valence-electron chi connectivity index (χ2n) is 4.67. The zero-order chi connectivity index (χ0) is 14.3. The Morgan fingerprint density at radius 1 is 1.00 bits per heavy atom. The van der Waals surface area contributed by atoms with Crippen molar-refractivity contribution >= 4 is 5.78 Å². The van der Waals surface area contributed by atoms with Gasteiger partial charge < -0.3 is 20.1 Å². The van der Waals surface area contributed by atoms with Gasteiger partial charge in [-0.25, -0.2) is 0 Å². The molecular weight excluding hydrogens is 260 g/mol. The van der Waals surface area contributed by atoms with Crippen molar-refractivity contribution in [3.05, 3.63) is 47.5 Å². The number of carbonyl (C=O) groups is 1. The molecule has 5 nitrogen and oxygen atoms in total. The van der Waals surface area contributed by atoms with E-state index >= 15 is 0 Å². The van der Waals surface area contributed by atoms with Crippen LogP contribution in [0.5, 0.6) is 23.0 Å². The summed E-state index contributed by atoms with van der Waals surface area (Å²) in [6.07, 6.45) is -0.767. The highest BCUT2D eigenvalue weighted by molar-refractivity contribution is 5.89. The largest absolute Gasteiger partial charge is 0.508 e. The van der Waals surface area contributed by atoms with E-state index in [-0.39, 0.29) is 29.5 Å². The third kappa shape index (κ3) is 2.03. The molecule has 0 bridgehead atoms. The van der Waals surface area contributed by atoms with Gasteiger partial charge in [-0.2, -0.15) is 0 Å². The van der Waals surface area contributed by atoms with E-state index in [1.807, 2.05) is 0 Å². The number of fused-ring (bicyclic) bond motifs is 1. The highest BCUT2D eigenvalue weighted by Crippen LogP contribution is 2.40. The first-order valence-electron chi connectivity index (χ1n) is 6.08. The highest BCUT2D eigenvalue weighted by atomic mass is 16.5. The Balaban J connectivity index is 2.00. The number of aromatic hydroxyl groups is 3. The van der Waals surface area contributed by atoms with E-state index in [2.05, 4.69) is 0 Å².